The maximum atomic E-state index is 14.4. The molecule has 2 aromatic rings. The van der Waals surface area contributed by atoms with Gasteiger partial charge in [-0.3, -0.25) is 0 Å². The Morgan fingerprint density at radius 1 is 1.16 bits per heavy atom. The highest BCUT2D eigenvalue weighted by Gasteiger charge is 2.48. The van der Waals surface area contributed by atoms with Gasteiger partial charge in [-0.25, -0.2) is 4.39 Å². The van der Waals surface area contributed by atoms with Gasteiger partial charge in [0.2, 0.25) is 0 Å². The zero-order valence-corrected chi connectivity index (χ0v) is 19.2. The van der Waals surface area contributed by atoms with E-state index in [4.69, 9.17) is 0 Å². The molecule has 3 heterocycles. The lowest BCUT2D eigenvalue weighted by molar-refractivity contribution is -0.276. The third-order valence-electron chi connectivity index (χ3n) is 8.06. The van der Waals surface area contributed by atoms with Crippen LogP contribution in [-0.2, 0) is 12.8 Å². The van der Waals surface area contributed by atoms with E-state index in [1.54, 1.807) is 11.0 Å². The minimum absolute atomic E-state index is 0.00640. The zero-order chi connectivity index (χ0) is 22.6. The van der Waals surface area contributed by atoms with Gasteiger partial charge in [-0.2, -0.15) is 0 Å². The highest BCUT2D eigenvalue weighted by atomic mass is 19.1. The fourth-order valence-corrected chi connectivity index (χ4v) is 6.43. The third-order valence-corrected chi connectivity index (χ3v) is 8.06. The summed E-state index contributed by atoms with van der Waals surface area (Å²) < 4.78 is 14.4. The van der Waals surface area contributed by atoms with Crippen LogP contribution < -0.4 is 5.11 Å². The van der Waals surface area contributed by atoms with Gasteiger partial charge < -0.3 is 19.7 Å². The number of piperidine rings is 3. The average Bonchev–Trinajstić information content (AvgIpc) is 3.04. The van der Waals surface area contributed by atoms with E-state index in [1.165, 1.54) is 0 Å². The van der Waals surface area contributed by atoms with Crippen LogP contribution in [0.15, 0.2) is 36.4 Å². The molecule has 0 N–H and O–H groups in total. The Bertz CT molecular complexity index is 1040. The van der Waals surface area contributed by atoms with Crippen LogP contribution in [0.25, 0.3) is 11.1 Å². The van der Waals surface area contributed by atoms with E-state index in [9.17, 15) is 14.3 Å². The van der Waals surface area contributed by atoms with Crippen LogP contribution in [-0.4, -0.2) is 41.6 Å². The smallest absolute Gasteiger partial charge is 0.137 e. The van der Waals surface area contributed by atoms with Crippen LogP contribution in [0.4, 0.5) is 9.18 Å². The summed E-state index contributed by atoms with van der Waals surface area (Å²) in [5, 5.41) is 12.5. The minimum atomic E-state index is -1.06. The number of rotatable bonds is 4. The van der Waals surface area contributed by atoms with Crippen molar-refractivity contribution in [2.75, 3.05) is 19.6 Å². The molecule has 2 bridgehead atoms. The van der Waals surface area contributed by atoms with Crippen molar-refractivity contribution in [3.8, 4) is 11.1 Å². The molecule has 6 rings (SSSR count). The Hall–Kier alpha value is -2.40. The molecule has 2 aromatic carbocycles. The largest absolute Gasteiger partial charge is 0.530 e. The normalized spacial score (nSPS) is 27.9. The molecular weight excluding hydrogens is 403 g/mol. The predicted molar refractivity (Wildman–Crippen MR) is 122 cm³/mol. The molecular formula is C27H32FN2O2-. The maximum absolute atomic E-state index is 14.4. The summed E-state index contributed by atoms with van der Waals surface area (Å²) in [5.41, 5.74) is 4.56. The van der Waals surface area contributed by atoms with Gasteiger partial charge in [0.25, 0.3) is 0 Å². The summed E-state index contributed by atoms with van der Waals surface area (Å²) in [5.74, 6) is 0.242. The number of nitrogens with zero attached hydrogens (tertiary/aromatic N) is 2. The molecule has 170 valence electrons. The van der Waals surface area contributed by atoms with Crippen molar-refractivity contribution in [1.82, 2.24) is 9.80 Å². The number of aryl methyl sites for hydroxylation is 1. The Morgan fingerprint density at radius 2 is 1.84 bits per heavy atom. The highest BCUT2D eigenvalue weighted by molar-refractivity contribution is 5.68. The molecule has 4 nitrogen and oxygen atoms in total. The Labute approximate surface area is 190 Å². The molecule has 0 aromatic heterocycles. The number of benzene rings is 2. The quantitative estimate of drug-likeness (QED) is 0.714. The van der Waals surface area contributed by atoms with Gasteiger partial charge in [0.05, 0.1) is 6.04 Å². The first kappa shape index (κ1) is 21.4. The van der Waals surface area contributed by atoms with Gasteiger partial charge >= 0.3 is 0 Å². The Balaban J connectivity index is 1.51. The monoisotopic (exact) mass is 435 g/mol. The van der Waals surface area contributed by atoms with Crippen molar-refractivity contribution in [1.29, 1.82) is 0 Å². The highest BCUT2D eigenvalue weighted by Crippen LogP contribution is 2.51. The van der Waals surface area contributed by atoms with E-state index in [0.717, 1.165) is 66.7 Å². The summed E-state index contributed by atoms with van der Waals surface area (Å²) >= 11 is 0. The second-order valence-electron chi connectivity index (χ2n) is 10.5. The van der Waals surface area contributed by atoms with Crippen LogP contribution in [0, 0.1) is 17.2 Å². The van der Waals surface area contributed by atoms with Crippen molar-refractivity contribution in [2.45, 2.75) is 58.5 Å². The summed E-state index contributed by atoms with van der Waals surface area (Å²) in [4.78, 5) is 16.6. The van der Waals surface area contributed by atoms with Crippen molar-refractivity contribution in [3.63, 3.8) is 0 Å². The summed E-state index contributed by atoms with van der Waals surface area (Å²) in [6, 6.07) is 11.4. The number of fused-ring (bicyclic) bond motifs is 4. The van der Waals surface area contributed by atoms with Crippen LogP contribution in [0.1, 0.15) is 56.3 Å². The third kappa shape index (κ3) is 3.51. The van der Waals surface area contributed by atoms with E-state index >= 15 is 0 Å². The van der Waals surface area contributed by atoms with Crippen LogP contribution in [0.2, 0.25) is 0 Å². The molecule has 2 atom stereocenters. The first-order chi connectivity index (χ1) is 15.3. The molecule has 1 amide bonds. The van der Waals surface area contributed by atoms with E-state index in [0.29, 0.717) is 12.3 Å². The lowest BCUT2D eigenvalue weighted by Crippen LogP contribution is -2.62. The lowest BCUT2D eigenvalue weighted by atomic mass is 9.79. The van der Waals surface area contributed by atoms with E-state index in [1.807, 2.05) is 25.1 Å². The van der Waals surface area contributed by atoms with Crippen molar-refractivity contribution < 1.29 is 14.3 Å². The van der Waals surface area contributed by atoms with Gasteiger partial charge in [0.15, 0.2) is 0 Å². The summed E-state index contributed by atoms with van der Waals surface area (Å²) in [6.07, 6.45) is 2.53. The summed E-state index contributed by atoms with van der Waals surface area (Å²) in [6.45, 7) is 9.22. The minimum Gasteiger partial charge on any atom is -0.530 e. The lowest BCUT2D eigenvalue weighted by Gasteiger charge is -2.53. The number of hydrogen-bond donors (Lipinski definition) is 0. The number of halogens is 1. The first-order valence-corrected chi connectivity index (χ1v) is 11.9. The van der Waals surface area contributed by atoms with E-state index in [-0.39, 0.29) is 23.3 Å². The molecule has 0 spiro atoms. The molecule has 3 aliphatic heterocycles. The second kappa shape index (κ2) is 7.87. The zero-order valence-electron chi connectivity index (χ0n) is 19.2. The molecule has 32 heavy (non-hydrogen) atoms. The van der Waals surface area contributed by atoms with E-state index in [2.05, 4.69) is 30.9 Å². The van der Waals surface area contributed by atoms with Crippen LogP contribution in [0.5, 0.6) is 0 Å². The maximum Gasteiger partial charge on any atom is 0.137 e. The molecule has 4 aliphatic rings. The molecule has 1 aliphatic carbocycles. The SMILES string of the molecule is CCc1ccc(-c2ccc3c(c2)CC(C)(C)[C@H]3N(C(=O)[O-])[C@@H]2CN3CCC2CC3)cc1F. The Kier molecular flexibility index (Phi) is 5.28. The number of carbonyl (C=O) groups excluding carboxylic acids is 1. The van der Waals surface area contributed by atoms with Crippen molar-refractivity contribution >= 4 is 6.09 Å². The number of hydrogen-bond acceptors (Lipinski definition) is 3. The molecule has 0 saturated carbocycles. The Morgan fingerprint density at radius 3 is 2.44 bits per heavy atom. The van der Waals surface area contributed by atoms with Crippen molar-refractivity contribution in [3.05, 3.63) is 58.9 Å². The molecule has 3 saturated heterocycles. The van der Waals surface area contributed by atoms with Gasteiger partial charge in [0.1, 0.15) is 11.9 Å². The number of amides is 1. The van der Waals surface area contributed by atoms with Gasteiger partial charge in [-0.05, 0) is 84.0 Å². The average molecular weight is 436 g/mol. The number of carbonyl (C=O) groups is 1. The molecule has 3 fully saturated rings. The standard InChI is InChI=1S/C27H33FN2O2/c1-4-17-5-6-20(14-23(17)28)19-7-8-22-21(13-19)15-27(2,3)25(22)30(26(31)32)24-16-29-11-9-18(24)10-12-29/h5-8,13-14,18,24-25H,4,9-12,15-16H2,1-3H3,(H,31,32)/p-1/t24-,25+/m1/s1. The topological polar surface area (TPSA) is 46.6 Å². The van der Waals surface area contributed by atoms with Crippen LogP contribution >= 0.6 is 0 Å². The predicted octanol–water partition coefficient (Wildman–Crippen LogP) is 4.42. The first-order valence-electron chi connectivity index (χ1n) is 11.9. The molecule has 0 unspecified atom stereocenters. The second-order valence-corrected chi connectivity index (χ2v) is 10.5. The molecule has 0 radical (unpaired) electrons. The van der Waals surface area contributed by atoms with Gasteiger partial charge in [-0.15, -0.1) is 0 Å². The fraction of sp³-hybridized carbons (Fsp3) is 0.519. The van der Waals surface area contributed by atoms with Crippen LogP contribution in [0.3, 0.4) is 0 Å². The summed E-state index contributed by atoms with van der Waals surface area (Å²) in [7, 11) is 0. The van der Waals surface area contributed by atoms with Gasteiger partial charge in [0, 0.05) is 12.6 Å². The van der Waals surface area contributed by atoms with E-state index < -0.39 is 6.09 Å². The molecule has 5 heteroatoms. The van der Waals surface area contributed by atoms with Crippen molar-refractivity contribution in [2.24, 2.45) is 11.3 Å². The number of carboxylic acid groups (broad SMARTS) is 1. The van der Waals surface area contributed by atoms with Gasteiger partial charge in [-0.1, -0.05) is 51.1 Å². The fourth-order valence-electron chi connectivity index (χ4n) is 6.43.